The number of aromatic nitrogens is 5. The van der Waals surface area contributed by atoms with Gasteiger partial charge in [-0.3, -0.25) is 9.36 Å². The molecule has 0 amide bonds. The molecule has 0 unspecified atom stereocenters. The van der Waals surface area contributed by atoms with Crippen molar-refractivity contribution in [3.63, 3.8) is 0 Å². The summed E-state index contributed by atoms with van der Waals surface area (Å²) in [4.78, 5) is 23.6. The number of fused-ring (bicyclic) bond motifs is 1. The van der Waals surface area contributed by atoms with Crippen LogP contribution in [0.1, 0.15) is 29.8 Å². The number of hydrogen-bond acceptors (Lipinski definition) is 5. The molecule has 3 aromatic heterocycles. The second-order valence-electron chi connectivity index (χ2n) is 7.20. The van der Waals surface area contributed by atoms with Crippen molar-refractivity contribution in [2.75, 3.05) is 18.0 Å². The van der Waals surface area contributed by atoms with Crippen molar-refractivity contribution in [3.8, 4) is 0 Å². The Kier molecular flexibility index (Phi) is 4.22. The van der Waals surface area contributed by atoms with Crippen molar-refractivity contribution in [2.24, 2.45) is 5.92 Å². The van der Waals surface area contributed by atoms with E-state index in [1.165, 1.54) is 0 Å². The SMILES string of the molecule is Cc1cc(N2CCC(Cn3cnc(C)c(C)c3=O)CC2)n2nccc2n1. The van der Waals surface area contributed by atoms with Crippen LogP contribution in [0.2, 0.25) is 0 Å². The molecule has 0 atom stereocenters. The summed E-state index contributed by atoms with van der Waals surface area (Å²) >= 11 is 0. The van der Waals surface area contributed by atoms with Crippen LogP contribution in [0.5, 0.6) is 0 Å². The molecule has 0 aliphatic carbocycles. The third-order valence-corrected chi connectivity index (χ3v) is 5.38. The monoisotopic (exact) mass is 352 g/mol. The van der Waals surface area contributed by atoms with Crippen LogP contribution in [0.3, 0.4) is 0 Å². The molecule has 1 aliphatic rings. The first-order valence-electron chi connectivity index (χ1n) is 9.12. The van der Waals surface area contributed by atoms with Gasteiger partial charge < -0.3 is 4.90 Å². The summed E-state index contributed by atoms with van der Waals surface area (Å²) in [7, 11) is 0. The largest absolute Gasteiger partial charge is 0.356 e. The Labute approximate surface area is 152 Å². The Bertz CT molecular complexity index is 997. The Morgan fingerprint density at radius 3 is 2.73 bits per heavy atom. The summed E-state index contributed by atoms with van der Waals surface area (Å²) in [6.07, 6.45) is 5.57. The van der Waals surface area contributed by atoms with Crippen LogP contribution < -0.4 is 10.5 Å². The minimum Gasteiger partial charge on any atom is -0.356 e. The minimum atomic E-state index is 0.0861. The number of hydrogen-bond donors (Lipinski definition) is 0. The van der Waals surface area contributed by atoms with E-state index in [2.05, 4.69) is 26.0 Å². The van der Waals surface area contributed by atoms with Crippen LogP contribution in [-0.2, 0) is 6.54 Å². The summed E-state index contributed by atoms with van der Waals surface area (Å²) in [5, 5.41) is 4.41. The van der Waals surface area contributed by atoms with Crippen molar-refractivity contribution >= 4 is 11.5 Å². The van der Waals surface area contributed by atoms with Gasteiger partial charge in [0, 0.05) is 48.7 Å². The molecule has 4 rings (SSSR count). The van der Waals surface area contributed by atoms with Crippen molar-refractivity contribution in [2.45, 2.75) is 40.2 Å². The van der Waals surface area contributed by atoms with Gasteiger partial charge in [0.2, 0.25) is 0 Å². The number of anilines is 1. The molecule has 4 heterocycles. The van der Waals surface area contributed by atoms with Gasteiger partial charge in [-0.15, -0.1) is 0 Å². The Hall–Kier alpha value is -2.70. The standard InChI is InChI=1S/C19H24N6O/c1-13-10-18(25-17(22-13)4-7-21-25)23-8-5-16(6-9-23)11-24-12-20-15(3)14(2)19(24)26/h4,7,10,12,16H,5-6,8-9,11H2,1-3H3. The van der Waals surface area contributed by atoms with Crippen LogP contribution in [0, 0.1) is 26.7 Å². The van der Waals surface area contributed by atoms with Gasteiger partial charge in [-0.25, -0.2) is 9.97 Å². The molecule has 3 aromatic rings. The molecule has 0 aromatic carbocycles. The first-order valence-corrected chi connectivity index (χ1v) is 9.12. The molecule has 0 bridgehead atoms. The fourth-order valence-corrected chi connectivity index (χ4v) is 3.67. The molecule has 1 fully saturated rings. The Balaban J connectivity index is 1.48. The van der Waals surface area contributed by atoms with Gasteiger partial charge in [0.15, 0.2) is 5.65 Å². The molecule has 7 heteroatoms. The number of rotatable bonds is 3. The van der Waals surface area contributed by atoms with Gasteiger partial charge in [0.1, 0.15) is 5.82 Å². The Morgan fingerprint density at radius 2 is 1.96 bits per heavy atom. The maximum atomic E-state index is 12.4. The van der Waals surface area contributed by atoms with Gasteiger partial charge in [-0.05, 0) is 39.5 Å². The molecule has 0 saturated carbocycles. The average Bonchev–Trinajstić information content (AvgIpc) is 3.10. The molecular formula is C19H24N6O. The maximum Gasteiger partial charge on any atom is 0.256 e. The van der Waals surface area contributed by atoms with Crippen LogP contribution in [-0.4, -0.2) is 37.2 Å². The highest BCUT2D eigenvalue weighted by atomic mass is 16.1. The molecule has 0 radical (unpaired) electrons. The summed E-state index contributed by atoms with van der Waals surface area (Å²) in [6.45, 7) is 8.40. The van der Waals surface area contributed by atoms with E-state index < -0.39 is 0 Å². The highest BCUT2D eigenvalue weighted by molar-refractivity contribution is 5.50. The smallest absolute Gasteiger partial charge is 0.256 e. The zero-order valence-corrected chi connectivity index (χ0v) is 15.5. The first-order chi connectivity index (χ1) is 12.5. The van der Waals surface area contributed by atoms with E-state index in [-0.39, 0.29) is 5.56 Å². The van der Waals surface area contributed by atoms with Gasteiger partial charge >= 0.3 is 0 Å². The molecule has 136 valence electrons. The quantitative estimate of drug-likeness (QED) is 0.722. The van der Waals surface area contributed by atoms with Crippen LogP contribution >= 0.6 is 0 Å². The van der Waals surface area contributed by atoms with Gasteiger partial charge in [-0.1, -0.05) is 0 Å². The van der Waals surface area contributed by atoms with E-state index in [1.54, 1.807) is 17.1 Å². The predicted molar refractivity (Wildman–Crippen MR) is 101 cm³/mol. The molecule has 0 spiro atoms. The summed E-state index contributed by atoms with van der Waals surface area (Å²) < 4.78 is 3.68. The molecule has 7 nitrogen and oxygen atoms in total. The van der Waals surface area contributed by atoms with Crippen LogP contribution in [0.15, 0.2) is 29.5 Å². The summed E-state index contributed by atoms with van der Waals surface area (Å²) in [5.74, 6) is 1.59. The maximum absolute atomic E-state index is 12.4. The van der Waals surface area contributed by atoms with Crippen LogP contribution in [0.4, 0.5) is 5.82 Å². The van der Waals surface area contributed by atoms with Crippen molar-refractivity contribution in [1.29, 1.82) is 0 Å². The molecular weight excluding hydrogens is 328 g/mol. The number of aryl methyl sites for hydroxylation is 2. The second kappa shape index (κ2) is 6.55. The Morgan fingerprint density at radius 1 is 1.19 bits per heavy atom. The third-order valence-electron chi connectivity index (χ3n) is 5.38. The summed E-state index contributed by atoms with van der Waals surface area (Å²) in [6, 6.07) is 4.03. The van der Waals surface area contributed by atoms with Gasteiger partial charge in [-0.2, -0.15) is 9.61 Å². The van der Waals surface area contributed by atoms with Gasteiger partial charge in [0.05, 0.1) is 12.5 Å². The van der Waals surface area contributed by atoms with Crippen molar-refractivity contribution in [1.82, 2.24) is 24.1 Å². The molecule has 1 aliphatic heterocycles. The van der Waals surface area contributed by atoms with E-state index in [9.17, 15) is 4.79 Å². The lowest BCUT2D eigenvalue weighted by molar-refractivity contribution is 0.349. The van der Waals surface area contributed by atoms with E-state index in [4.69, 9.17) is 0 Å². The van der Waals surface area contributed by atoms with E-state index in [1.807, 2.05) is 31.4 Å². The topological polar surface area (TPSA) is 68.3 Å². The normalized spacial score (nSPS) is 15.7. The molecule has 26 heavy (non-hydrogen) atoms. The zero-order valence-electron chi connectivity index (χ0n) is 15.5. The highest BCUT2D eigenvalue weighted by Gasteiger charge is 2.22. The van der Waals surface area contributed by atoms with Crippen molar-refractivity contribution in [3.05, 3.63) is 52.0 Å². The van der Waals surface area contributed by atoms with E-state index in [0.29, 0.717) is 5.92 Å². The molecule has 1 saturated heterocycles. The predicted octanol–water partition coefficient (Wildman–Crippen LogP) is 2.13. The average molecular weight is 352 g/mol. The van der Waals surface area contributed by atoms with E-state index >= 15 is 0 Å². The lowest BCUT2D eigenvalue weighted by atomic mass is 9.96. The zero-order chi connectivity index (χ0) is 18.3. The number of piperidine rings is 1. The second-order valence-corrected chi connectivity index (χ2v) is 7.20. The lowest BCUT2D eigenvalue weighted by Crippen LogP contribution is -2.37. The van der Waals surface area contributed by atoms with Crippen molar-refractivity contribution < 1.29 is 0 Å². The lowest BCUT2D eigenvalue weighted by Gasteiger charge is -2.33. The highest BCUT2D eigenvalue weighted by Crippen LogP contribution is 2.25. The van der Waals surface area contributed by atoms with Crippen LogP contribution in [0.25, 0.3) is 5.65 Å². The van der Waals surface area contributed by atoms with E-state index in [0.717, 1.165) is 60.9 Å². The fourth-order valence-electron chi connectivity index (χ4n) is 3.67. The first kappa shape index (κ1) is 16.8. The fraction of sp³-hybridized carbons (Fsp3) is 0.474. The molecule has 0 N–H and O–H groups in total. The minimum absolute atomic E-state index is 0.0861. The summed E-state index contributed by atoms with van der Waals surface area (Å²) in [5.41, 5.74) is 3.54. The van der Waals surface area contributed by atoms with Gasteiger partial charge in [0.25, 0.3) is 5.56 Å². The number of nitrogens with zero attached hydrogens (tertiary/aromatic N) is 6. The third kappa shape index (κ3) is 2.98.